The smallest absolute Gasteiger partial charge is 0.305 e. The lowest BCUT2D eigenvalue weighted by atomic mass is 10.0. The van der Waals surface area contributed by atoms with Crippen LogP contribution in [-0.2, 0) is 21.6 Å². The standard InChI is InChI=1S/C12H22N4O2/c1-5-13-12(2,3)10-9-16(15-14-10)8-6-7-11(17)18-4/h9,13H,5-8H2,1-4H3. The minimum absolute atomic E-state index is 0.185. The van der Waals surface area contributed by atoms with Crippen LogP contribution in [0.15, 0.2) is 6.20 Å². The van der Waals surface area contributed by atoms with Crippen LogP contribution in [0.5, 0.6) is 0 Å². The maximum atomic E-state index is 11.0. The Hall–Kier alpha value is -1.43. The highest BCUT2D eigenvalue weighted by Crippen LogP contribution is 2.16. The van der Waals surface area contributed by atoms with E-state index < -0.39 is 0 Å². The zero-order chi connectivity index (χ0) is 13.6. The summed E-state index contributed by atoms with van der Waals surface area (Å²) in [6.07, 6.45) is 3.03. The Bertz CT molecular complexity index is 387. The molecular weight excluding hydrogens is 232 g/mol. The summed E-state index contributed by atoms with van der Waals surface area (Å²) in [5.74, 6) is -0.191. The number of ether oxygens (including phenoxy) is 1. The van der Waals surface area contributed by atoms with E-state index in [1.807, 2.05) is 6.20 Å². The van der Waals surface area contributed by atoms with Crippen LogP contribution in [0.1, 0.15) is 39.3 Å². The van der Waals surface area contributed by atoms with Crippen LogP contribution in [-0.4, -0.2) is 34.6 Å². The first-order chi connectivity index (χ1) is 8.49. The number of carbonyl (C=O) groups excluding carboxylic acids is 1. The molecule has 0 saturated carbocycles. The molecule has 6 heteroatoms. The maximum Gasteiger partial charge on any atom is 0.305 e. The second-order valence-corrected chi connectivity index (χ2v) is 4.70. The molecule has 0 saturated heterocycles. The molecule has 1 rings (SSSR count). The Morgan fingerprint density at radius 3 is 2.89 bits per heavy atom. The van der Waals surface area contributed by atoms with Crippen molar-refractivity contribution in [2.75, 3.05) is 13.7 Å². The molecule has 0 aliphatic rings. The number of rotatable bonds is 7. The number of carbonyl (C=O) groups is 1. The van der Waals surface area contributed by atoms with Crippen molar-refractivity contribution in [2.45, 2.75) is 45.7 Å². The molecule has 0 spiro atoms. The van der Waals surface area contributed by atoms with E-state index in [0.29, 0.717) is 19.4 Å². The average Bonchev–Trinajstić information content (AvgIpc) is 2.78. The highest BCUT2D eigenvalue weighted by molar-refractivity contribution is 5.68. The molecule has 6 nitrogen and oxygen atoms in total. The first-order valence-electron chi connectivity index (χ1n) is 6.22. The Morgan fingerprint density at radius 2 is 2.28 bits per heavy atom. The molecule has 0 radical (unpaired) electrons. The van der Waals surface area contributed by atoms with Crippen molar-refractivity contribution in [2.24, 2.45) is 0 Å². The van der Waals surface area contributed by atoms with Crippen molar-refractivity contribution in [3.63, 3.8) is 0 Å². The SMILES string of the molecule is CCNC(C)(C)c1cn(CCCC(=O)OC)nn1. The van der Waals surface area contributed by atoms with Crippen LogP contribution < -0.4 is 5.32 Å². The van der Waals surface area contributed by atoms with Gasteiger partial charge in [0.15, 0.2) is 0 Å². The lowest BCUT2D eigenvalue weighted by Gasteiger charge is -2.22. The molecule has 0 atom stereocenters. The number of nitrogens with one attached hydrogen (secondary N) is 1. The zero-order valence-electron chi connectivity index (χ0n) is 11.6. The maximum absolute atomic E-state index is 11.0. The third-order valence-corrected chi connectivity index (χ3v) is 2.79. The van der Waals surface area contributed by atoms with Gasteiger partial charge < -0.3 is 10.1 Å². The second-order valence-electron chi connectivity index (χ2n) is 4.70. The van der Waals surface area contributed by atoms with Gasteiger partial charge in [-0.05, 0) is 26.8 Å². The average molecular weight is 254 g/mol. The van der Waals surface area contributed by atoms with Gasteiger partial charge in [-0.2, -0.15) is 0 Å². The predicted molar refractivity (Wildman–Crippen MR) is 68.0 cm³/mol. The van der Waals surface area contributed by atoms with Gasteiger partial charge in [0.1, 0.15) is 5.69 Å². The van der Waals surface area contributed by atoms with E-state index in [0.717, 1.165) is 12.2 Å². The Labute approximate surface area is 108 Å². The molecule has 0 fully saturated rings. The lowest BCUT2D eigenvalue weighted by molar-refractivity contribution is -0.140. The minimum atomic E-state index is -0.191. The summed E-state index contributed by atoms with van der Waals surface area (Å²) < 4.78 is 6.35. The van der Waals surface area contributed by atoms with Crippen LogP contribution in [0.25, 0.3) is 0 Å². The molecule has 0 amide bonds. The molecular formula is C12H22N4O2. The third kappa shape index (κ3) is 4.10. The van der Waals surface area contributed by atoms with Crippen molar-refractivity contribution in [3.05, 3.63) is 11.9 Å². The summed E-state index contributed by atoms with van der Waals surface area (Å²) in [6, 6.07) is 0. The van der Waals surface area contributed by atoms with Gasteiger partial charge >= 0.3 is 5.97 Å². The van der Waals surface area contributed by atoms with E-state index in [4.69, 9.17) is 0 Å². The third-order valence-electron chi connectivity index (χ3n) is 2.79. The fraction of sp³-hybridized carbons (Fsp3) is 0.750. The van der Waals surface area contributed by atoms with Gasteiger partial charge in [-0.15, -0.1) is 5.10 Å². The molecule has 0 aliphatic carbocycles. The summed E-state index contributed by atoms with van der Waals surface area (Å²) in [5, 5.41) is 11.6. The molecule has 1 N–H and O–H groups in total. The summed E-state index contributed by atoms with van der Waals surface area (Å²) in [6.45, 7) is 7.74. The summed E-state index contributed by atoms with van der Waals surface area (Å²) in [4.78, 5) is 11.0. The van der Waals surface area contributed by atoms with Gasteiger partial charge in [0.2, 0.25) is 0 Å². The van der Waals surface area contributed by atoms with E-state index in [2.05, 4.69) is 41.1 Å². The quantitative estimate of drug-likeness (QED) is 0.737. The number of aryl methyl sites for hydroxylation is 1. The Morgan fingerprint density at radius 1 is 1.56 bits per heavy atom. The molecule has 0 bridgehead atoms. The largest absolute Gasteiger partial charge is 0.469 e. The fourth-order valence-electron chi connectivity index (χ4n) is 1.71. The number of aromatic nitrogens is 3. The van der Waals surface area contributed by atoms with E-state index in [9.17, 15) is 4.79 Å². The molecule has 1 aromatic heterocycles. The number of hydrogen-bond acceptors (Lipinski definition) is 5. The van der Waals surface area contributed by atoms with Crippen LogP contribution in [0.4, 0.5) is 0 Å². The Kier molecular flexibility index (Phi) is 5.27. The van der Waals surface area contributed by atoms with Crippen molar-refractivity contribution in [3.8, 4) is 0 Å². The van der Waals surface area contributed by atoms with E-state index >= 15 is 0 Å². The molecule has 0 aromatic carbocycles. The molecule has 102 valence electrons. The number of esters is 1. The van der Waals surface area contributed by atoms with Gasteiger partial charge in [0, 0.05) is 13.0 Å². The van der Waals surface area contributed by atoms with Crippen LogP contribution in [0.2, 0.25) is 0 Å². The molecule has 0 unspecified atom stereocenters. The van der Waals surface area contributed by atoms with Gasteiger partial charge in [-0.1, -0.05) is 12.1 Å². The fourth-order valence-corrected chi connectivity index (χ4v) is 1.71. The molecule has 1 heterocycles. The topological polar surface area (TPSA) is 69.0 Å². The van der Waals surface area contributed by atoms with Crippen molar-refractivity contribution >= 4 is 5.97 Å². The number of hydrogen-bond donors (Lipinski definition) is 1. The Balaban J connectivity index is 2.50. The van der Waals surface area contributed by atoms with E-state index in [1.165, 1.54) is 7.11 Å². The number of methoxy groups -OCH3 is 1. The van der Waals surface area contributed by atoms with Gasteiger partial charge in [0.25, 0.3) is 0 Å². The highest BCUT2D eigenvalue weighted by atomic mass is 16.5. The zero-order valence-corrected chi connectivity index (χ0v) is 11.6. The van der Waals surface area contributed by atoms with Crippen molar-refractivity contribution in [1.29, 1.82) is 0 Å². The van der Waals surface area contributed by atoms with E-state index in [1.54, 1.807) is 4.68 Å². The van der Waals surface area contributed by atoms with Crippen LogP contribution in [0, 0.1) is 0 Å². The summed E-state index contributed by atoms with van der Waals surface area (Å²) >= 11 is 0. The molecule has 1 aromatic rings. The highest BCUT2D eigenvalue weighted by Gasteiger charge is 2.22. The monoisotopic (exact) mass is 254 g/mol. The first kappa shape index (κ1) is 14.6. The predicted octanol–water partition coefficient (Wildman–Crippen LogP) is 1.08. The van der Waals surface area contributed by atoms with Crippen molar-refractivity contribution in [1.82, 2.24) is 20.3 Å². The van der Waals surface area contributed by atoms with Gasteiger partial charge in [-0.25, -0.2) is 0 Å². The minimum Gasteiger partial charge on any atom is -0.469 e. The van der Waals surface area contributed by atoms with Crippen LogP contribution in [0.3, 0.4) is 0 Å². The number of nitrogens with zero attached hydrogens (tertiary/aromatic N) is 3. The normalized spacial score (nSPS) is 11.6. The van der Waals surface area contributed by atoms with Gasteiger partial charge in [0.05, 0.1) is 18.8 Å². The lowest BCUT2D eigenvalue weighted by Crippen LogP contribution is -2.36. The summed E-state index contributed by atoms with van der Waals surface area (Å²) in [5.41, 5.74) is 0.720. The molecule has 0 aliphatic heterocycles. The van der Waals surface area contributed by atoms with E-state index in [-0.39, 0.29) is 11.5 Å². The second kappa shape index (κ2) is 6.49. The van der Waals surface area contributed by atoms with Crippen molar-refractivity contribution < 1.29 is 9.53 Å². The molecule has 18 heavy (non-hydrogen) atoms. The first-order valence-corrected chi connectivity index (χ1v) is 6.22. The van der Waals surface area contributed by atoms with Gasteiger partial charge in [-0.3, -0.25) is 9.48 Å². The van der Waals surface area contributed by atoms with Crippen LogP contribution >= 0.6 is 0 Å². The summed E-state index contributed by atoms with van der Waals surface area (Å²) in [7, 11) is 1.40.